The maximum absolute atomic E-state index is 8.82. The van der Waals surface area contributed by atoms with Gasteiger partial charge in [-0.05, 0) is 43.0 Å². The zero-order valence-electron chi connectivity index (χ0n) is 8.55. The predicted octanol–water partition coefficient (Wildman–Crippen LogP) is 2.45. The van der Waals surface area contributed by atoms with Crippen LogP contribution in [0.2, 0.25) is 0 Å². The van der Waals surface area contributed by atoms with Gasteiger partial charge in [0, 0.05) is 17.1 Å². The molecule has 1 unspecified atom stereocenters. The Morgan fingerprint density at radius 2 is 2.00 bits per heavy atom. The Kier molecular flexibility index (Phi) is 4.11. The van der Waals surface area contributed by atoms with Gasteiger partial charge < -0.3 is 10.8 Å². The number of aliphatic hydroxyl groups is 1. The van der Waals surface area contributed by atoms with Crippen LogP contribution in [0.4, 0.5) is 0 Å². The lowest BCUT2D eigenvalue weighted by Crippen LogP contribution is -2.13. The largest absolute Gasteiger partial charge is 0.396 e. The SMILES string of the molecule is Cc1cc(C)c(C(N)CCO)cc1Br. The molecule has 2 nitrogen and oxygen atoms in total. The van der Waals surface area contributed by atoms with Gasteiger partial charge in [0.15, 0.2) is 0 Å². The van der Waals surface area contributed by atoms with Crippen molar-refractivity contribution in [1.29, 1.82) is 0 Å². The fraction of sp³-hybridized carbons (Fsp3) is 0.455. The molecular weight excluding hydrogens is 242 g/mol. The summed E-state index contributed by atoms with van der Waals surface area (Å²) in [5, 5.41) is 8.82. The fourth-order valence-electron chi connectivity index (χ4n) is 1.54. The lowest BCUT2D eigenvalue weighted by atomic mass is 9.98. The molecule has 0 fully saturated rings. The van der Waals surface area contributed by atoms with Crippen molar-refractivity contribution >= 4 is 15.9 Å². The second-order valence-electron chi connectivity index (χ2n) is 3.58. The van der Waals surface area contributed by atoms with Gasteiger partial charge in [-0.25, -0.2) is 0 Å². The van der Waals surface area contributed by atoms with E-state index in [0.29, 0.717) is 6.42 Å². The first-order valence-electron chi connectivity index (χ1n) is 4.69. The molecule has 1 aromatic carbocycles. The summed E-state index contributed by atoms with van der Waals surface area (Å²) in [6.07, 6.45) is 0.607. The molecule has 0 aliphatic heterocycles. The number of nitrogens with two attached hydrogens (primary N) is 1. The van der Waals surface area contributed by atoms with E-state index < -0.39 is 0 Å². The van der Waals surface area contributed by atoms with E-state index in [4.69, 9.17) is 10.8 Å². The number of halogens is 1. The standard InChI is InChI=1S/C11H16BrNO/c1-7-5-8(2)10(12)6-9(7)11(13)3-4-14/h5-6,11,14H,3-4,13H2,1-2H3. The molecule has 78 valence electrons. The molecule has 3 N–H and O–H groups in total. The number of benzene rings is 1. The van der Waals surface area contributed by atoms with Crippen LogP contribution in [0.3, 0.4) is 0 Å². The average molecular weight is 258 g/mol. The third-order valence-electron chi connectivity index (χ3n) is 2.39. The zero-order valence-corrected chi connectivity index (χ0v) is 10.1. The van der Waals surface area contributed by atoms with E-state index in [1.807, 2.05) is 13.0 Å². The van der Waals surface area contributed by atoms with Crippen LogP contribution in [0.15, 0.2) is 16.6 Å². The van der Waals surface area contributed by atoms with E-state index in [9.17, 15) is 0 Å². The fourth-order valence-corrected chi connectivity index (χ4v) is 1.90. The molecule has 0 aromatic heterocycles. The van der Waals surface area contributed by atoms with Crippen LogP contribution in [0.5, 0.6) is 0 Å². The summed E-state index contributed by atoms with van der Waals surface area (Å²) < 4.78 is 1.08. The third kappa shape index (κ3) is 2.56. The lowest BCUT2D eigenvalue weighted by molar-refractivity contribution is 0.276. The van der Waals surface area contributed by atoms with Crippen molar-refractivity contribution in [2.75, 3.05) is 6.61 Å². The molecule has 0 heterocycles. The first kappa shape index (κ1) is 11.7. The van der Waals surface area contributed by atoms with Crippen LogP contribution in [-0.4, -0.2) is 11.7 Å². The highest BCUT2D eigenvalue weighted by Gasteiger charge is 2.10. The Bertz CT molecular complexity index is 325. The van der Waals surface area contributed by atoms with E-state index in [0.717, 1.165) is 10.0 Å². The molecule has 3 heteroatoms. The molecule has 0 saturated carbocycles. The Balaban J connectivity index is 3.02. The van der Waals surface area contributed by atoms with Gasteiger partial charge in [-0.1, -0.05) is 22.0 Å². The molecule has 0 bridgehead atoms. The second-order valence-corrected chi connectivity index (χ2v) is 4.43. The molecule has 1 aromatic rings. The summed E-state index contributed by atoms with van der Waals surface area (Å²) in [4.78, 5) is 0. The van der Waals surface area contributed by atoms with Crippen molar-refractivity contribution in [3.8, 4) is 0 Å². The van der Waals surface area contributed by atoms with Gasteiger partial charge in [-0.2, -0.15) is 0 Å². The van der Waals surface area contributed by atoms with Gasteiger partial charge in [0.2, 0.25) is 0 Å². The minimum absolute atomic E-state index is 0.0723. The highest BCUT2D eigenvalue weighted by molar-refractivity contribution is 9.10. The summed E-state index contributed by atoms with van der Waals surface area (Å²) in [5.74, 6) is 0. The zero-order chi connectivity index (χ0) is 10.7. The van der Waals surface area contributed by atoms with Crippen LogP contribution >= 0.6 is 15.9 Å². The maximum atomic E-state index is 8.82. The first-order chi connectivity index (χ1) is 6.56. The van der Waals surface area contributed by atoms with Crippen molar-refractivity contribution < 1.29 is 5.11 Å². The number of aliphatic hydroxyl groups excluding tert-OH is 1. The molecular formula is C11H16BrNO. The van der Waals surface area contributed by atoms with E-state index in [2.05, 4.69) is 28.9 Å². The van der Waals surface area contributed by atoms with Crippen molar-refractivity contribution in [2.45, 2.75) is 26.3 Å². The van der Waals surface area contributed by atoms with Crippen LogP contribution in [0, 0.1) is 13.8 Å². The summed E-state index contributed by atoms with van der Waals surface area (Å²) >= 11 is 3.48. The van der Waals surface area contributed by atoms with Gasteiger partial charge in [0.25, 0.3) is 0 Å². The molecule has 1 atom stereocenters. The molecule has 1 rings (SSSR count). The molecule has 14 heavy (non-hydrogen) atoms. The van der Waals surface area contributed by atoms with Crippen molar-refractivity contribution in [3.05, 3.63) is 33.3 Å². The summed E-state index contributed by atoms with van der Waals surface area (Å²) in [6, 6.07) is 4.08. The summed E-state index contributed by atoms with van der Waals surface area (Å²) in [5.41, 5.74) is 9.45. The quantitative estimate of drug-likeness (QED) is 0.874. The Morgan fingerprint density at radius 3 is 2.57 bits per heavy atom. The van der Waals surface area contributed by atoms with Gasteiger partial charge in [-0.15, -0.1) is 0 Å². The number of rotatable bonds is 3. The minimum atomic E-state index is -0.0723. The first-order valence-corrected chi connectivity index (χ1v) is 5.48. The van der Waals surface area contributed by atoms with Gasteiger partial charge in [-0.3, -0.25) is 0 Å². The summed E-state index contributed by atoms with van der Waals surface area (Å²) in [7, 11) is 0. The van der Waals surface area contributed by atoms with Gasteiger partial charge in [0.1, 0.15) is 0 Å². The van der Waals surface area contributed by atoms with Crippen LogP contribution in [0.1, 0.15) is 29.2 Å². The lowest BCUT2D eigenvalue weighted by Gasteiger charge is -2.15. The summed E-state index contributed by atoms with van der Waals surface area (Å²) in [6.45, 7) is 4.23. The highest BCUT2D eigenvalue weighted by atomic mass is 79.9. The number of aryl methyl sites for hydroxylation is 2. The molecule has 0 aliphatic rings. The average Bonchev–Trinajstić information content (AvgIpc) is 2.11. The predicted molar refractivity (Wildman–Crippen MR) is 62.2 cm³/mol. The molecule has 0 spiro atoms. The van der Waals surface area contributed by atoms with Crippen LogP contribution in [-0.2, 0) is 0 Å². The minimum Gasteiger partial charge on any atom is -0.396 e. The monoisotopic (exact) mass is 257 g/mol. The third-order valence-corrected chi connectivity index (χ3v) is 3.24. The maximum Gasteiger partial charge on any atom is 0.0449 e. The van der Waals surface area contributed by atoms with E-state index in [1.54, 1.807) is 0 Å². The normalized spacial score (nSPS) is 12.9. The second kappa shape index (κ2) is 4.91. The van der Waals surface area contributed by atoms with Crippen LogP contribution in [0.25, 0.3) is 0 Å². The molecule has 0 saturated heterocycles. The molecule has 0 aliphatic carbocycles. The van der Waals surface area contributed by atoms with E-state index in [-0.39, 0.29) is 12.6 Å². The smallest absolute Gasteiger partial charge is 0.0449 e. The van der Waals surface area contributed by atoms with Gasteiger partial charge in [0.05, 0.1) is 0 Å². The Hall–Kier alpha value is -0.380. The van der Waals surface area contributed by atoms with Crippen molar-refractivity contribution in [2.24, 2.45) is 5.73 Å². The number of hydrogen-bond donors (Lipinski definition) is 2. The van der Waals surface area contributed by atoms with Gasteiger partial charge >= 0.3 is 0 Å². The topological polar surface area (TPSA) is 46.2 Å². The Morgan fingerprint density at radius 1 is 1.36 bits per heavy atom. The Labute approximate surface area is 93.3 Å². The van der Waals surface area contributed by atoms with E-state index in [1.165, 1.54) is 11.1 Å². The highest BCUT2D eigenvalue weighted by Crippen LogP contribution is 2.25. The van der Waals surface area contributed by atoms with Crippen molar-refractivity contribution in [3.63, 3.8) is 0 Å². The van der Waals surface area contributed by atoms with E-state index >= 15 is 0 Å². The number of hydrogen-bond acceptors (Lipinski definition) is 2. The van der Waals surface area contributed by atoms with Crippen molar-refractivity contribution in [1.82, 2.24) is 0 Å². The molecule has 0 radical (unpaired) electrons. The van der Waals surface area contributed by atoms with Crippen LogP contribution < -0.4 is 5.73 Å². The molecule has 0 amide bonds.